The van der Waals surface area contributed by atoms with Crippen molar-refractivity contribution in [2.24, 2.45) is 4.99 Å². The van der Waals surface area contributed by atoms with Gasteiger partial charge in [0.2, 0.25) is 0 Å². The lowest BCUT2D eigenvalue weighted by Crippen LogP contribution is -2.05. The van der Waals surface area contributed by atoms with Crippen LogP contribution in [0.2, 0.25) is 0 Å². The van der Waals surface area contributed by atoms with E-state index in [0.29, 0.717) is 5.71 Å². The first kappa shape index (κ1) is 13.3. The van der Waals surface area contributed by atoms with Crippen molar-refractivity contribution in [3.05, 3.63) is 65.7 Å². The second kappa shape index (κ2) is 5.26. The topological polar surface area (TPSA) is 12.4 Å². The lowest BCUT2D eigenvalue weighted by molar-refractivity contribution is -0.137. The number of hydrogen-bond donors (Lipinski definition) is 0. The minimum atomic E-state index is -4.39. The average molecular weight is 263 g/mol. The van der Waals surface area contributed by atoms with Crippen LogP contribution < -0.4 is 0 Å². The molecular weight excluding hydrogens is 251 g/mol. The van der Waals surface area contributed by atoms with E-state index in [2.05, 4.69) is 4.99 Å². The molecule has 0 fully saturated rings. The summed E-state index contributed by atoms with van der Waals surface area (Å²) in [5.41, 5.74) is 0.582. The fourth-order valence-electron chi connectivity index (χ4n) is 1.74. The predicted molar refractivity (Wildman–Crippen MR) is 69.8 cm³/mol. The van der Waals surface area contributed by atoms with Crippen LogP contribution in [0.4, 0.5) is 18.9 Å². The number of rotatable bonds is 2. The molecule has 0 aliphatic heterocycles. The molecule has 0 radical (unpaired) electrons. The van der Waals surface area contributed by atoms with Gasteiger partial charge in [0.25, 0.3) is 0 Å². The minimum Gasteiger partial charge on any atom is -0.253 e. The summed E-state index contributed by atoms with van der Waals surface area (Å²) in [5.74, 6) is 0. The molecule has 19 heavy (non-hydrogen) atoms. The quantitative estimate of drug-likeness (QED) is 0.687. The highest BCUT2D eigenvalue weighted by molar-refractivity contribution is 6.00. The molecular formula is C15H12F3N. The summed E-state index contributed by atoms with van der Waals surface area (Å²) in [6.07, 6.45) is -4.39. The van der Waals surface area contributed by atoms with Gasteiger partial charge < -0.3 is 0 Å². The predicted octanol–water partition coefficient (Wildman–Crippen LogP) is 4.85. The Bertz CT molecular complexity index is 586. The number of benzene rings is 2. The van der Waals surface area contributed by atoms with E-state index in [1.165, 1.54) is 12.1 Å². The van der Waals surface area contributed by atoms with Crippen LogP contribution in [0, 0.1) is 0 Å². The highest BCUT2D eigenvalue weighted by Gasteiger charge is 2.33. The van der Waals surface area contributed by atoms with Crippen LogP contribution in [0.1, 0.15) is 18.1 Å². The minimum absolute atomic E-state index is 0.0589. The normalized spacial score (nSPS) is 12.5. The molecule has 4 heteroatoms. The second-order valence-electron chi connectivity index (χ2n) is 4.08. The maximum Gasteiger partial charge on any atom is 0.418 e. The highest BCUT2D eigenvalue weighted by atomic mass is 19.4. The first-order chi connectivity index (χ1) is 8.98. The molecule has 2 rings (SSSR count). The lowest BCUT2D eigenvalue weighted by Gasteiger charge is -2.10. The molecule has 0 saturated carbocycles. The van der Waals surface area contributed by atoms with Gasteiger partial charge in [-0.15, -0.1) is 0 Å². The van der Waals surface area contributed by atoms with Crippen molar-refractivity contribution in [1.82, 2.24) is 0 Å². The first-order valence-electron chi connectivity index (χ1n) is 5.75. The van der Waals surface area contributed by atoms with Crippen LogP contribution in [0.25, 0.3) is 0 Å². The van der Waals surface area contributed by atoms with Crippen molar-refractivity contribution in [2.45, 2.75) is 13.1 Å². The number of para-hydroxylation sites is 1. The van der Waals surface area contributed by atoms with Crippen LogP contribution in [0.5, 0.6) is 0 Å². The SMILES string of the molecule is C/C(=N\c1ccccc1C(F)(F)F)c1ccccc1. The summed E-state index contributed by atoms with van der Waals surface area (Å²) in [4.78, 5) is 4.09. The van der Waals surface area contributed by atoms with E-state index in [-0.39, 0.29) is 5.69 Å². The van der Waals surface area contributed by atoms with E-state index in [0.717, 1.165) is 11.6 Å². The molecule has 0 unspecified atom stereocenters. The van der Waals surface area contributed by atoms with Gasteiger partial charge in [0, 0.05) is 5.71 Å². The second-order valence-corrected chi connectivity index (χ2v) is 4.08. The Morgan fingerprint density at radius 1 is 0.895 bits per heavy atom. The van der Waals surface area contributed by atoms with Crippen molar-refractivity contribution in [1.29, 1.82) is 0 Å². The van der Waals surface area contributed by atoms with E-state index in [4.69, 9.17) is 0 Å². The molecule has 0 aromatic heterocycles. The smallest absolute Gasteiger partial charge is 0.253 e. The number of hydrogen-bond acceptors (Lipinski definition) is 1. The Balaban J connectivity index is 2.44. The summed E-state index contributed by atoms with van der Waals surface area (Å²) in [6, 6.07) is 14.4. The van der Waals surface area contributed by atoms with Crippen molar-refractivity contribution in [2.75, 3.05) is 0 Å². The molecule has 0 aliphatic carbocycles. The van der Waals surface area contributed by atoms with Crippen molar-refractivity contribution in [3.8, 4) is 0 Å². The Morgan fingerprint density at radius 2 is 1.47 bits per heavy atom. The number of aliphatic imine (C=N–C) groups is 1. The third-order valence-electron chi connectivity index (χ3n) is 2.69. The summed E-state index contributed by atoms with van der Waals surface area (Å²) in [7, 11) is 0. The Kier molecular flexibility index (Phi) is 3.69. The van der Waals surface area contributed by atoms with Gasteiger partial charge >= 0.3 is 6.18 Å². The number of halogens is 3. The van der Waals surface area contributed by atoms with Gasteiger partial charge in [-0.25, -0.2) is 0 Å². The molecule has 0 heterocycles. The molecule has 0 bridgehead atoms. The molecule has 0 saturated heterocycles. The third-order valence-corrected chi connectivity index (χ3v) is 2.69. The number of alkyl halides is 3. The molecule has 2 aromatic carbocycles. The summed E-state index contributed by atoms with van der Waals surface area (Å²) in [6.45, 7) is 1.70. The van der Waals surface area contributed by atoms with Gasteiger partial charge in [0.1, 0.15) is 0 Å². The first-order valence-corrected chi connectivity index (χ1v) is 5.75. The van der Waals surface area contributed by atoms with Crippen LogP contribution in [-0.4, -0.2) is 5.71 Å². The maximum atomic E-state index is 12.8. The summed E-state index contributed by atoms with van der Waals surface area (Å²) >= 11 is 0. The third kappa shape index (κ3) is 3.22. The van der Waals surface area contributed by atoms with Crippen LogP contribution in [0.15, 0.2) is 59.6 Å². The van der Waals surface area contributed by atoms with Gasteiger partial charge in [-0.05, 0) is 24.6 Å². The monoisotopic (exact) mass is 263 g/mol. The Hall–Kier alpha value is -2.10. The zero-order valence-corrected chi connectivity index (χ0v) is 10.3. The van der Waals surface area contributed by atoms with Crippen LogP contribution in [0.3, 0.4) is 0 Å². The van der Waals surface area contributed by atoms with Crippen LogP contribution >= 0.6 is 0 Å². The van der Waals surface area contributed by atoms with Crippen molar-refractivity contribution in [3.63, 3.8) is 0 Å². The van der Waals surface area contributed by atoms with Gasteiger partial charge in [0.15, 0.2) is 0 Å². The lowest BCUT2D eigenvalue weighted by atomic mass is 10.1. The summed E-state index contributed by atoms with van der Waals surface area (Å²) < 4.78 is 38.5. The van der Waals surface area contributed by atoms with Gasteiger partial charge in [0.05, 0.1) is 11.3 Å². The van der Waals surface area contributed by atoms with E-state index in [1.54, 1.807) is 13.0 Å². The van der Waals surface area contributed by atoms with Gasteiger partial charge in [-0.1, -0.05) is 42.5 Å². The molecule has 0 atom stereocenters. The Labute approximate surface area is 109 Å². The highest BCUT2D eigenvalue weighted by Crippen LogP contribution is 2.36. The summed E-state index contributed by atoms with van der Waals surface area (Å²) in [5, 5.41) is 0. The molecule has 1 nitrogen and oxygen atoms in total. The standard InChI is InChI=1S/C15H12F3N/c1-11(12-7-3-2-4-8-12)19-14-10-6-5-9-13(14)15(16,17)18/h2-10H,1H3/b19-11+. The molecule has 2 aromatic rings. The average Bonchev–Trinajstić information content (AvgIpc) is 2.39. The van der Waals surface area contributed by atoms with E-state index in [9.17, 15) is 13.2 Å². The fourth-order valence-corrected chi connectivity index (χ4v) is 1.74. The maximum absolute atomic E-state index is 12.8. The van der Waals surface area contributed by atoms with Gasteiger partial charge in [-0.2, -0.15) is 13.2 Å². The molecule has 0 spiro atoms. The van der Waals surface area contributed by atoms with Gasteiger partial charge in [-0.3, -0.25) is 4.99 Å². The zero-order valence-electron chi connectivity index (χ0n) is 10.3. The number of nitrogens with zero attached hydrogens (tertiary/aromatic N) is 1. The Morgan fingerprint density at radius 3 is 2.11 bits per heavy atom. The van der Waals surface area contributed by atoms with Crippen molar-refractivity contribution >= 4 is 11.4 Å². The molecule has 0 N–H and O–H groups in total. The molecule has 0 aliphatic rings. The van der Waals surface area contributed by atoms with Crippen molar-refractivity contribution < 1.29 is 13.2 Å². The zero-order chi connectivity index (χ0) is 13.9. The molecule has 0 amide bonds. The van der Waals surface area contributed by atoms with E-state index >= 15 is 0 Å². The fraction of sp³-hybridized carbons (Fsp3) is 0.133. The van der Waals surface area contributed by atoms with Crippen LogP contribution in [-0.2, 0) is 6.18 Å². The molecule has 98 valence electrons. The van der Waals surface area contributed by atoms with E-state index < -0.39 is 11.7 Å². The largest absolute Gasteiger partial charge is 0.418 e. The van der Waals surface area contributed by atoms with E-state index in [1.807, 2.05) is 30.3 Å².